The molecule has 0 aliphatic carbocycles. The van der Waals surface area contributed by atoms with Gasteiger partial charge in [-0.2, -0.15) is 5.10 Å². The van der Waals surface area contributed by atoms with Crippen molar-refractivity contribution in [1.82, 2.24) is 20.0 Å². The molecular weight excluding hydrogens is 334 g/mol. The van der Waals surface area contributed by atoms with Crippen molar-refractivity contribution in [3.8, 4) is 0 Å². The summed E-state index contributed by atoms with van der Waals surface area (Å²) in [7, 11) is 0. The van der Waals surface area contributed by atoms with E-state index in [2.05, 4.69) is 15.7 Å². The highest BCUT2D eigenvalue weighted by molar-refractivity contribution is 6.30. The Bertz CT molecular complexity index is 788. The first-order valence-electron chi connectivity index (χ1n) is 7.17. The molecule has 8 nitrogen and oxygen atoms in total. The second-order valence-corrected chi connectivity index (χ2v) is 5.63. The van der Waals surface area contributed by atoms with Crippen LogP contribution in [0.3, 0.4) is 0 Å². The Hall–Kier alpha value is -2.87. The number of amides is 4. The summed E-state index contributed by atoms with van der Waals surface area (Å²) in [6.45, 7) is -0.00186. The molecule has 2 heterocycles. The molecule has 2 N–H and O–H groups in total. The molecule has 0 bridgehead atoms. The number of aromatic nitrogens is 2. The van der Waals surface area contributed by atoms with Gasteiger partial charge in [0.1, 0.15) is 12.4 Å². The van der Waals surface area contributed by atoms with E-state index in [9.17, 15) is 14.4 Å². The molecule has 124 valence electrons. The lowest BCUT2D eigenvalue weighted by Gasteiger charge is -2.13. The molecule has 9 heteroatoms. The third kappa shape index (κ3) is 3.54. The van der Waals surface area contributed by atoms with Crippen LogP contribution in [-0.2, 0) is 16.1 Å². The van der Waals surface area contributed by atoms with Crippen LogP contribution >= 0.6 is 11.6 Å². The molecule has 1 saturated heterocycles. The Morgan fingerprint density at radius 1 is 1.33 bits per heavy atom. The van der Waals surface area contributed by atoms with Gasteiger partial charge in [0.05, 0.1) is 19.3 Å². The highest BCUT2D eigenvalue weighted by Crippen LogP contribution is 2.14. The van der Waals surface area contributed by atoms with Gasteiger partial charge in [-0.05, 0) is 17.7 Å². The van der Waals surface area contributed by atoms with Crippen LogP contribution in [0.1, 0.15) is 5.56 Å². The van der Waals surface area contributed by atoms with E-state index in [4.69, 9.17) is 11.6 Å². The zero-order valence-corrected chi connectivity index (χ0v) is 13.3. The maximum absolute atomic E-state index is 12.1. The fourth-order valence-electron chi connectivity index (χ4n) is 2.31. The van der Waals surface area contributed by atoms with Crippen molar-refractivity contribution in [2.24, 2.45) is 0 Å². The zero-order valence-electron chi connectivity index (χ0n) is 12.5. The molecule has 0 saturated carbocycles. The number of urea groups is 1. The second-order valence-electron chi connectivity index (χ2n) is 5.19. The standard InChI is InChI=1S/C15H14ClN5O3/c16-11-3-1-2-10(6-11)8-21-12(4-5-18-21)19-13(22)9-20-14(23)7-17-15(20)24/h1-6H,7-9H2,(H,17,24)(H,19,22). The lowest BCUT2D eigenvalue weighted by Crippen LogP contribution is -2.38. The van der Waals surface area contributed by atoms with Crippen molar-refractivity contribution < 1.29 is 14.4 Å². The molecule has 3 rings (SSSR count). The molecule has 24 heavy (non-hydrogen) atoms. The normalized spacial score (nSPS) is 14.0. The minimum atomic E-state index is -0.567. The van der Waals surface area contributed by atoms with Crippen LogP contribution in [0.15, 0.2) is 36.5 Å². The highest BCUT2D eigenvalue weighted by atomic mass is 35.5. The maximum Gasteiger partial charge on any atom is 0.325 e. The number of nitrogens with zero attached hydrogens (tertiary/aromatic N) is 3. The number of hydrogen-bond acceptors (Lipinski definition) is 4. The van der Waals surface area contributed by atoms with E-state index in [0.29, 0.717) is 17.4 Å². The van der Waals surface area contributed by atoms with E-state index in [1.54, 1.807) is 23.0 Å². The minimum absolute atomic E-state index is 0.0845. The number of halogens is 1. The molecule has 4 amide bonds. The summed E-state index contributed by atoms with van der Waals surface area (Å²) in [4.78, 5) is 35.9. The van der Waals surface area contributed by atoms with E-state index < -0.39 is 17.8 Å². The molecule has 2 aromatic rings. The van der Waals surface area contributed by atoms with Crippen LogP contribution in [0.2, 0.25) is 5.02 Å². The number of imide groups is 1. The van der Waals surface area contributed by atoms with Gasteiger partial charge in [0, 0.05) is 11.1 Å². The van der Waals surface area contributed by atoms with Crippen molar-refractivity contribution >= 4 is 35.3 Å². The van der Waals surface area contributed by atoms with Crippen LogP contribution < -0.4 is 10.6 Å². The average molecular weight is 348 g/mol. The predicted molar refractivity (Wildman–Crippen MR) is 86.5 cm³/mol. The summed E-state index contributed by atoms with van der Waals surface area (Å²) < 4.78 is 1.59. The molecule has 0 spiro atoms. The maximum atomic E-state index is 12.1. The van der Waals surface area contributed by atoms with Crippen molar-refractivity contribution in [1.29, 1.82) is 0 Å². The Kier molecular flexibility index (Phi) is 4.48. The molecule has 0 atom stereocenters. The first-order valence-corrected chi connectivity index (χ1v) is 7.55. The number of anilines is 1. The van der Waals surface area contributed by atoms with Gasteiger partial charge in [0.15, 0.2) is 0 Å². The van der Waals surface area contributed by atoms with Gasteiger partial charge in [-0.25, -0.2) is 9.48 Å². The first kappa shape index (κ1) is 16.0. The highest BCUT2D eigenvalue weighted by Gasteiger charge is 2.30. The van der Waals surface area contributed by atoms with E-state index in [0.717, 1.165) is 10.5 Å². The molecule has 1 fully saturated rings. The van der Waals surface area contributed by atoms with Crippen molar-refractivity contribution in [3.05, 3.63) is 47.1 Å². The third-order valence-electron chi connectivity index (χ3n) is 3.44. The molecule has 1 aromatic carbocycles. The van der Waals surface area contributed by atoms with Gasteiger partial charge >= 0.3 is 6.03 Å². The summed E-state index contributed by atoms with van der Waals surface area (Å²) in [5.41, 5.74) is 0.927. The number of carbonyl (C=O) groups is 3. The van der Waals surface area contributed by atoms with Gasteiger partial charge in [0.25, 0.3) is 5.91 Å². The Morgan fingerprint density at radius 3 is 2.88 bits per heavy atom. The van der Waals surface area contributed by atoms with E-state index >= 15 is 0 Å². The SMILES string of the molecule is O=C(CN1C(=O)CNC1=O)Nc1ccnn1Cc1cccc(Cl)c1. The largest absolute Gasteiger partial charge is 0.329 e. The van der Waals surface area contributed by atoms with Crippen LogP contribution in [-0.4, -0.2) is 45.6 Å². The van der Waals surface area contributed by atoms with Gasteiger partial charge in [-0.1, -0.05) is 23.7 Å². The van der Waals surface area contributed by atoms with Crippen molar-refractivity contribution in [2.45, 2.75) is 6.54 Å². The molecule has 0 radical (unpaired) electrons. The van der Waals surface area contributed by atoms with Gasteiger partial charge in [-0.3, -0.25) is 14.5 Å². The molecule has 1 aliphatic heterocycles. The summed E-state index contributed by atoms with van der Waals surface area (Å²) >= 11 is 5.96. The van der Waals surface area contributed by atoms with Crippen LogP contribution in [0.4, 0.5) is 10.6 Å². The van der Waals surface area contributed by atoms with Crippen LogP contribution in [0, 0.1) is 0 Å². The van der Waals surface area contributed by atoms with Gasteiger partial charge in [0.2, 0.25) is 5.91 Å². The predicted octanol–water partition coefficient (Wildman–Crippen LogP) is 1.08. The van der Waals surface area contributed by atoms with Gasteiger partial charge in [-0.15, -0.1) is 0 Å². The summed E-state index contributed by atoms with van der Waals surface area (Å²) in [6.07, 6.45) is 1.55. The molecular formula is C15H14ClN5O3. The monoisotopic (exact) mass is 347 g/mol. The number of hydrogen-bond donors (Lipinski definition) is 2. The number of rotatable bonds is 5. The van der Waals surface area contributed by atoms with E-state index in [1.165, 1.54) is 0 Å². The Balaban J connectivity index is 1.66. The smallest absolute Gasteiger partial charge is 0.325 e. The second kappa shape index (κ2) is 6.71. The molecule has 1 aromatic heterocycles. The quantitative estimate of drug-likeness (QED) is 0.791. The average Bonchev–Trinajstić information content (AvgIpc) is 3.09. The number of benzene rings is 1. The van der Waals surface area contributed by atoms with Crippen molar-refractivity contribution in [2.75, 3.05) is 18.4 Å². The van der Waals surface area contributed by atoms with Crippen molar-refractivity contribution in [3.63, 3.8) is 0 Å². The lowest BCUT2D eigenvalue weighted by atomic mass is 10.2. The topological polar surface area (TPSA) is 96.3 Å². The zero-order chi connectivity index (χ0) is 17.1. The van der Waals surface area contributed by atoms with Gasteiger partial charge < -0.3 is 10.6 Å². The summed E-state index contributed by atoms with van der Waals surface area (Å²) in [5.74, 6) is -0.442. The van der Waals surface area contributed by atoms with Crippen LogP contribution in [0.5, 0.6) is 0 Å². The fraction of sp³-hybridized carbons (Fsp3) is 0.200. The fourth-order valence-corrected chi connectivity index (χ4v) is 2.53. The number of nitrogens with one attached hydrogen (secondary N) is 2. The molecule has 1 aliphatic rings. The molecule has 0 unspecified atom stereocenters. The Labute approximate surface area is 142 Å². The Morgan fingerprint density at radius 2 is 2.17 bits per heavy atom. The lowest BCUT2D eigenvalue weighted by molar-refractivity contribution is -0.128. The minimum Gasteiger partial charge on any atom is -0.329 e. The third-order valence-corrected chi connectivity index (χ3v) is 3.68. The van der Waals surface area contributed by atoms with Crippen LogP contribution in [0.25, 0.3) is 0 Å². The summed E-state index contributed by atoms with van der Waals surface area (Å²) in [6, 6.07) is 8.37. The summed E-state index contributed by atoms with van der Waals surface area (Å²) in [5, 5.41) is 9.78. The van der Waals surface area contributed by atoms with E-state index in [1.807, 2.05) is 18.2 Å². The first-order chi connectivity index (χ1) is 11.5. The number of carbonyl (C=O) groups excluding carboxylic acids is 3. The van der Waals surface area contributed by atoms with E-state index in [-0.39, 0.29) is 13.1 Å².